The lowest BCUT2D eigenvalue weighted by molar-refractivity contribution is 0.125. The summed E-state index contributed by atoms with van der Waals surface area (Å²) in [4.78, 5) is 12.1. The van der Waals surface area contributed by atoms with Gasteiger partial charge in [-0.25, -0.2) is 13.2 Å². The zero-order valence-corrected chi connectivity index (χ0v) is 13.9. The number of benzene rings is 1. The minimum atomic E-state index is -2.73. The Morgan fingerprint density at radius 1 is 1.30 bits per heavy atom. The predicted octanol–water partition coefficient (Wildman–Crippen LogP) is 3.54. The van der Waals surface area contributed by atoms with E-state index in [0.29, 0.717) is 0 Å². The van der Waals surface area contributed by atoms with Gasteiger partial charge in [-0.3, -0.25) is 4.79 Å². The van der Waals surface area contributed by atoms with Crippen molar-refractivity contribution in [2.24, 2.45) is 0 Å². The number of aromatic nitrogens is 1. The van der Waals surface area contributed by atoms with Crippen LogP contribution in [0.4, 0.5) is 13.2 Å². The van der Waals surface area contributed by atoms with Gasteiger partial charge in [0.15, 0.2) is 0 Å². The SMILES string of the molecule is C#CCOc1ccc(-c2ccc(I)c(=O)n2CC(F)F)c(F)c1. The molecule has 0 bridgehead atoms. The normalized spacial score (nSPS) is 10.6. The van der Waals surface area contributed by atoms with Crippen molar-refractivity contribution in [2.45, 2.75) is 13.0 Å². The lowest BCUT2D eigenvalue weighted by Crippen LogP contribution is -2.26. The molecule has 0 radical (unpaired) electrons. The van der Waals surface area contributed by atoms with Crippen molar-refractivity contribution in [3.63, 3.8) is 0 Å². The molecule has 0 N–H and O–H groups in total. The molecule has 0 aliphatic carbocycles. The average molecular weight is 433 g/mol. The number of halogens is 4. The second kappa shape index (κ2) is 7.55. The maximum atomic E-state index is 14.3. The second-order valence-corrected chi connectivity index (χ2v) is 5.67. The zero-order valence-electron chi connectivity index (χ0n) is 11.7. The summed E-state index contributed by atoms with van der Waals surface area (Å²) in [6, 6.07) is 6.83. The topological polar surface area (TPSA) is 31.2 Å². The van der Waals surface area contributed by atoms with Gasteiger partial charge in [0.1, 0.15) is 18.2 Å². The van der Waals surface area contributed by atoms with Crippen molar-refractivity contribution in [3.05, 3.63) is 50.1 Å². The number of hydrogen-bond donors (Lipinski definition) is 0. The Balaban J connectivity index is 2.52. The van der Waals surface area contributed by atoms with E-state index >= 15 is 0 Å². The summed E-state index contributed by atoms with van der Waals surface area (Å²) in [7, 11) is 0. The third-order valence-corrected chi connectivity index (χ3v) is 3.81. The maximum Gasteiger partial charge on any atom is 0.264 e. The highest BCUT2D eigenvalue weighted by molar-refractivity contribution is 14.1. The van der Waals surface area contributed by atoms with Crippen LogP contribution >= 0.6 is 22.6 Å². The minimum absolute atomic E-state index is 0.0155. The summed E-state index contributed by atoms with van der Waals surface area (Å²) in [5, 5.41) is 0. The first-order chi connectivity index (χ1) is 10.9. The summed E-state index contributed by atoms with van der Waals surface area (Å²) in [6.07, 6.45) is 2.32. The van der Waals surface area contributed by atoms with Gasteiger partial charge in [0.25, 0.3) is 12.0 Å². The summed E-state index contributed by atoms with van der Waals surface area (Å²) in [5.74, 6) is 1.78. The van der Waals surface area contributed by atoms with Crippen molar-refractivity contribution in [1.82, 2.24) is 4.57 Å². The van der Waals surface area contributed by atoms with Gasteiger partial charge in [-0.05, 0) is 46.9 Å². The highest BCUT2D eigenvalue weighted by Gasteiger charge is 2.16. The molecule has 0 saturated carbocycles. The van der Waals surface area contributed by atoms with Crippen LogP contribution in [0, 0.1) is 21.7 Å². The van der Waals surface area contributed by atoms with Crippen LogP contribution in [0.3, 0.4) is 0 Å². The van der Waals surface area contributed by atoms with E-state index in [1.165, 1.54) is 24.3 Å². The Bertz CT molecular complexity index is 812. The molecule has 0 fully saturated rings. The third kappa shape index (κ3) is 4.07. The third-order valence-electron chi connectivity index (χ3n) is 2.99. The lowest BCUT2D eigenvalue weighted by atomic mass is 10.1. The molecule has 2 rings (SSSR count). The van der Waals surface area contributed by atoms with Crippen molar-refractivity contribution < 1.29 is 17.9 Å². The maximum absolute atomic E-state index is 14.3. The average Bonchev–Trinajstić information content (AvgIpc) is 2.50. The lowest BCUT2D eigenvalue weighted by Gasteiger charge is -2.14. The Hall–Kier alpha value is -1.95. The highest BCUT2D eigenvalue weighted by Crippen LogP contribution is 2.26. The molecule has 1 aromatic heterocycles. The van der Waals surface area contributed by atoms with Crippen LogP contribution in [0.2, 0.25) is 0 Å². The van der Waals surface area contributed by atoms with E-state index < -0.39 is 24.3 Å². The molecule has 0 aliphatic heterocycles. The molecule has 0 unspecified atom stereocenters. The number of ether oxygens (including phenoxy) is 1. The van der Waals surface area contributed by atoms with Gasteiger partial charge in [-0.2, -0.15) is 0 Å². The summed E-state index contributed by atoms with van der Waals surface area (Å²) in [5.41, 5.74) is -0.473. The number of hydrogen-bond acceptors (Lipinski definition) is 2. The smallest absolute Gasteiger partial charge is 0.264 e. The summed E-state index contributed by atoms with van der Waals surface area (Å²) in [6.45, 7) is -0.821. The number of nitrogens with zero attached hydrogens (tertiary/aromatic N) is 1. The van der Waals surface area contributed by atoms with Crippen LogP contribution in [0.25, 0.3) is 11.3 Å². The van der Waals surface area contributed by atoms with E-state index in [1.54, 1.807) is 22.6 Å². The molecule has 0 saturated heterocycles. The van der Waals surface area contributed by atoms with Crippen LogP contribution in [0.1, 0.15) is 0 Å². The van der Waals surface area contributed by atoms with Gasteiger partial charge in [-0.15, -0.1) is 6.42 Å². The number of pyridine rings is 1. The molecule has 0 aliphatic rings. The van der Waals surface area contributed by atoms with Crippen molar-refractivity contribution in [3.8, 4) is 29.4 Å². The fraction of sp³-hybridized carbons (Fsp3) is 0.188. The van der Waals surface area contributed by atoms with Crippen molar-refractivity contribution in [1.29, 1.82) is 0 Å². The molecule has 1 aromatic carbocycles. The van der Waals surface area contributed by atoms with E-state index in [-0.39, 0.29) is 27.2 Å². The molecule has 2 aromatic rings. The van der Waals surface area contributed by atoms with Gasteiger partial charge < -0.3 is 9.30 Å². The molecule has 7 heteroatoms. The second-order valence-electron chi connectivity index (χ2n) is 4.51. The fourth-order valence-corrected chi connectivity index (χ4v) is 2.50. The van der Waals surface area contributed by atoms with Gasteiger partial charge in [-0.1, -0.05) is 5.92 Å². The molecule has 0 amide bonds. The molecule has 0 spiro atoms. The largest absolute Gasteiger partial charge is 0.481 e. The van der Waals surface area contributed by atoms with Crippen LogP contribution < -0.4 is 10.3 Å². The van der Waals surface area contributed by atoms with Gasteiger partial charge in [0.05, 0.1) is 15.8 Å². The van der Waals surface area contributed by atoms with Crippen LogP contribution in [-0.4, -0.2) is 17.6 Å². The number of terminal acetylenes is 1. The van der Waals surface area contributed by atoms with E-state index in [2.05, 4.69) is 5.92 Å². The quantitative estimate of drug-likeness (QED) is 0.534. The molecule has 1 heterocycles. The Morgan fingerprint density at radius 2 is 2.04 bits per heavy atom. The summed E-state index contributed by atoms with van der Waals surface area (Å²) >= 11 is 1.75. The van der Waals surface area contributed by atoms with Crippen molar-refractivity contribution >= 4 is 22.6 Å². The monoisotopic (exact) mass is 433 g/mol. The van der Waals surface area contributed by atoms with Gasteiger partial charge >= 0.3 is 0 Å². The van der Waals surface area contributed by atoms with Gasteiger partial charge in [0, 0.05) is 11.6 Å². The van der Waals surface area contributed by atoms with E-state index in [0.717, 1.165) is 10.6 Å². The Kier molecular flexibility index (Phi) is 5.71. The van der Waals surface area contributed by atoms with Crippen molar-refractivity contribution in [2.75, 3.05) is 6.61 Å². The molecule has 120 valence electrons. The van der Waals surface area contributed by atoms with Crippen LogP contribution in [0.5, 0.6) is 5.75 Å². The molecular formula is C16H11F3INO2. The first-order valence-corrected chi connectivity index (χ1v) is 7.55. The highest BCUT2D eigenvalue weighted by atomic mass is 127. The molecule has 23 heavy (non-hydrogen) atoms. The standard InChI is InChI=1S/C16H11F3INO2/c1-2-7-23-10-3-4-11(12(17)8-10)14-6-5-13(20)16(22)21(14)9-15(18)19/h1,3-6,8,15H,7,9H2. The fourth-order valence-electron chi connectivity index (χ4n) is 2.02. The molecular weight excluding hydrogens is 422 g/mol. The number of rotatable bonds is 5. The Morgan fingerprint density at radius 3 is 2.65 bits per heavy atom. The Labute approximate surface area is 144 Å². The van der Waals surface area contributed by atoms with Gasteiger partial charge in [0.2, 0.25) is 0 Å². The van der Waals surface area contributed by atoms with E-state index in [4.69, 9.17) is 11.2 Å². The first kappa shape index (κ1) is 17.4. The predicted molar refractivity (Wildman–Crippen MR) is 89.1 cm³/mol. The molecule has 3 nitrogen and oxygen atoms in total. The van der Waals surface area contributed by atoms with E-state index in [1.807, 2.05) is 0 Å². The van der Waals surface area contributed by atoms with Crippen LogP contribution in [-0.2, 0) is 6.54 Å². The molecule has 0 atom stereocenters. The van der Waals surface area contributed by atoms with Crippen LogP contribution in [0.15, 0.2) is 35.1 Å². The minimum Gasteiger partial charge on any atom is -0.481 e. The first-order valence-electron chi connectivity index (χ1n) is 6.47. The summed E-state index contributed by atoms with van der Waals surface area (Å²) < 4.78 is 46.0. The number of alkyl halides is 2. The zero-order chi connectivity index (χ0) is 17.0. The van der Waals surface area contributed by atoms with E-state index in [9.17, 15) is 18.0 Å².